The maximum absolute atomic E-state index is 12.6. The lowest BCUT2D eigenvalue weighted by Crippen LogP contribution is -2.30. The SMILES string of the molecule is CCC(C)(C)c1ccc(Oc2ccc(OC(=O)C3CCC(C(=O)OC(C)C)CC3)cc2)cc1. The summed E-state index contributed by atoms with van der Waals surface area (Å²) in [6, 6.07) is 15.2. The van der Waals surface area contributed by atoms with E-state index in [1.165, 1.54) is 5.56 Å². The largest absolute Gasteiger partial charge is 0.463 e. The van der Waals surface area contributed by atoms with Gasteiger partial charge in [0.2, 0.25) is 0 Å². The molecule has 5 heteroatoms. The summed E-state index contributed by atoms with van der Waals surface area (Å²) in [6.45, 7) is 10.3. The third kappa shape index (κ3) is 6.83. The van der Waals surface area contributed by atoms with Crippen molar-refractivity contribution < 1.29 is 23.8 Å². The average molecular weight is 453 g/mol. The van der Waals surface area contributed by atoms with Crippen LogP contribution in [-0.2, 0) is 19.7 Å². The molecule has 0 radical (unpaired) electrons. The van der Waals surface area contributed by atoms with Crippen LogP contribution in [0.15, 0.2) is 48.5 Å². The Morgan fingerprint density at radius 1 is 0.818 bits per heavy atom. The van der Waals surface area contributed by atoms with Gasteiger partial charge in [0, 0.05) is 0 Å². The van der Waals surface area contributed by atoms with E-state index in [1.807, 2.05) is 26.0 Å². The van der Waals surface area contributed by atoms with E-state index in [9.17, 15) is 9.59 Å². The van der Waals surface area contributed by atoms with Crippen molar-refractivity contribution in [2.45, 2.75) is 78.2 Å². The Morgan fingerprint density at radius 2 is 1.27 bits per heavy atom. The normalized spacial score (nSPS) is 18.6. The minimum atomic E-state index is -0.242. The first kappa shape index (κ1) is 24.8. The minimum absolute atomic E-state index is 0.111. The Morgan fingerprint density at radius 3 is 1.76 bits per heavy atom. The van der Waals surface area contributed by atoms with Gasteiger partial charge in [-0.05, 0) is 93.3 Å². The lowest BCUT2D eigenvalue weighted by molar-refractivity contribution is -0.155. The molecule has 0 aromatic heterocycles. The molecule has 0 bridgehead atoms. The molecular formula is C28H36O5. The summed E-state index contributed by atoms with van der Waals surface area (Å²) in [5.41, 5.74) is 1.42. The highest BCUT2D eigenvalue weighted by Gasteiger charge is 2.32. The molecule has 1 fully saturated rings. The molecule has 3 rings (SSSR count). The predicted molar refractivity (Wildman–Crippen MR) is 129 cm³/mol. The highest BCUT2D eigenvalue weighted by atomic mass is 16.5. The van der Waals surface area contributed by atoms with Gasteiger partial charge in [-0.15, -0.1) is 0 Å². The molecule has 0 unspecified atom stereocenters. The van der Waals surface area contributed by atoms with Gasteiger partial charge in [-0.3, -0.25) is 9.59 Å². The Bertz CT molecular complexity index is 920. The van der Waals surface area contributed by atoms with E-state index in [-0.39, 0.29) is 35.3 Å². The van der Waals surface area contributed by atoms with E-state index in [2.05, 4.69) is 32.9 Å². The summed E-state index contributed by atoms with van der Waals surface area (Å²) in [7, 11) is 0. The van der Waals surface area contributed by atoms with Crippen LogP contribution in [0.3, 0.4) is 0 Å². The molecule has 33 heavy (non-hydrogen) atoms. The van der Waals surface area contributed by atoms with Crippen LogP contribution in [0.1, 0.15) is 72.3 Å². The maximum atomic E-state index is 12.6. The van der Waals surface area contributed by atoms with Crippen LogP contribution in [0.5, 0.6) is 17.2 Å². The molecule has 0 amide bonds. The zero-order valence-corrected chi connectivity index (χ0v) is 20.4. The lowest BCUT2D eigenvalue weighted by Gasteiger charge is -2.26. The number of benzene rings is 2. The Balaban J connectivity index is 1.49. The van der Waals surface area contributed by atoms with Gasteiger partial charge in [-0.25, -0.2) is 0 Å². The zero-order valence-electron chi connectivity index (χ0n) is 20.4. The monoisotopic (exact) mass is 452 g/mol. The van der Waals surface area contributed by atoms with Crippen LogP contribution in [0.25, 0.3) is 0 Å². The number of hydrogen-bond donors (Lipinski definition) is 0. The summed E-state index contributed by atoms with van der Waals surface area (Å²) in [5, 5.41) is 0. The van der Waals surface area contributed by atoms with Crippen molar-refractivity contribution >= 4 is 11.9 Å². The average Bonchev–Trinajstić information content (AvgIpc) is 2.80. The standard InChI is InChI=1S/C28H36O5/c1-6-28(4,5)22-11-13-23(14-12-22)32-24-15-17-25(18-16-24)33-27(30)21-9-7-20(8-10-21)26(29)31-19(2)3/h11-21H,6-10H2,1-5H3. The van der Waals surface area contributed by atoms with Crippen molar-refractivity contribution in [3.8, 4) is 17.2 Å². The van der Waals surface area contributed by atoms with Crippen LogP contribution in [0.4, 0.5) is 0 Å². The van der Waals surface area contributed by atoms with Crippen molar-refractivity contribution in [2.24, 2.45) is 11.8 Å². The molecule has 2 aromatic carbocycles. The molecule has 0 heterocycles. The second-order valence-electron chi connectivity index (χ2n) is 9.79. The molecule has 0 aliphatic heterocycles. The van der Waals surface area contributed by atoms with Crippen molar-refractivity contribution in [3.63, 3.8) is 0 Å². The molecule has 1 saturated carbocycles. The fraction of sp³-hybridized carbons (Fsp3) is 0.500. The summed E-state index contributed by atoms with van der Waals surface area (Å²) in [5.74, 6) is 1.24. The highest BCUT2D eigenvalue weighted by molar-refractivity contribution is 5.76. The van der Waals surface area contributed by atoms with Crippen LogP contribution in [-0.4, -0.2) is 18.0 Å². The van der Waals surface area contributed by atoms with Gasteiger partial charge < -0.3 is 14.2 Å². The number of hydrogen-bond acceptors (Lipinski definition) is 5. The van der Waals surface area contributed by atoms with Crippen LogP contribution in [0, 0.1) is 11.8 Å². The zero-order chi connectivity index (χ0) is 24.0. The third-order valence-electron chi connectivity index (χ3n) is 6.54. The van der Waals surface area contributed by atoms with E-state index >= 15 is 0 Å². The number of carbonyl (C=O) groups excluding carboxylic acids is 2. The first-order valence-electron chi connectivity index (χ1n) is 12.0. The van der Waals surface area contributed by atoms with Gasteiger partial charge in [0.15, 0.2) is 0 Å². The van der Waals surface area contributed by atoms with Gasteiger partial charge in [0.05, 0.1) is 17.9 Å². The molecule has 178 valence electrons. The fourth-order valence-electron chi connectivity index (χ4n) is 3.98. The summed E-state index contributed by atoms with van der Waals surface area (Å²) in [4.78, 5) is 24.6. The van der Waals surface area contributed by atoms with Crippen molar-refractivity contribution in [1.29, 1.82) is 0 Å². The number of esters is 2. The maximum Gasteiger partial charge on any atom is 0.314 e. The fourth-order valence-corrected chi connectivity index (χ4v) is 3.98. The van der Waals surface area contributed by atoms with E-state index in [4.69, 9.17) is 14.2 Å². The third-order valence-corrected chi connectivity index (χ3v) is 6.54. The quantitative estimate of drug-likeness (QED) is 0.324. The first-order chi connectivity index (χ1) is 15.7. The van der Waals surface area contributed by atoms with Crippen molar-refractivity contribution in [3.05, 3.63) is 54.1 Å². The van der Waals surface area contributed by atoms with Gasteiger partial charge >= 0.3 is 11.9 Å². The predicted octanol–water partition coefficient (Wildman–Crippen LogP) is 6.83. The van der Waals surface area contributed by atoms with E-state index in [1.54, 1.807) is 24.3 Å². The molecule has 0 saturated heterocycles. The first-order valence-corrected chi connectivity index (χ1v) is 12.0. The summed E-state index contributed by atoms with van der Waals surface area (Å²) < 4.78 is 16.8. The van der Waals surface area contributed by atoms with Gasteiger partial charge in [-0.1, -0.05) is 32.9 Å². The van der Waals surface area contributed by atoms with Gasteiger partial charge in [-0.2, -0.15) is 0 Å². The lowest BCUT2D eigenvalue weighted by atomic mass is 9.82. The van der Waals surface area contributed by atoms with E-state index in [0.717, 1.165) is 12.2 Å². The van der Waals surface area contributed by atoms with E-state index < -0.39 is 0 Å². The highest BCUT2D eigenvalue weighted by Crippen LogP contribution is 2.32. The van der Waals surface area contributed by atoms with Crippen LogP contribution >= 0.6 is 0 Å². The number of rotatable bonds is 8. The molecule has 2 aromatic rings. The number of ether oxygens (including phenoxy) is 3. The smallest absolute Gasteiger partial charge is 0.314 e. The minimum Gasteiger partial charge on any atom is -0.463 e. The summed E-state index contributed by atoms with van der Waals surface area (Å²) in [6.07, 6.45) is 3.56. The van der Waals surface area contributed by atoms with Crippen molar-refractivity contribution in [2.75, 3.05) is 0 Å². The second kappa shape index (κ2) is 10.9. The molecule has 1 aliphatic rings. The Labute approximate surface area is 197 Å². The van der Waals surface area contributed by atoms with Crippen molar-refractivity contribution in [1.82, 2.24) is 0 Å². The number of carbonyl (C=O) groups is 2. The second-order valence-corrected chi connectivity index (χ2v) is 9.79. The summed E-state index contributed by atoms with van der Waals surface area (Å²) >= 11 is 0. The Hall–Kier alpha value is -2.82. The van der Waals surface area contributed by atoms with E-state index in [0.29, 0.717) is 37.2 Å². The Kier molecular flexibility index (Phi) is 8.17. The van der Waals surface area contributed by atoms with Crippen LogP contribution in [0.2, 0.25) is 0 Å². The van der Waals surface area contributed by atoms with Gasteiger partial charge in [0.25, 0.3) is 0 Å². The van der Waals surface area contributed by atoms with Crippen LogP contribution < -0.4 is 9.47 Å². The molecule has 0 N–H and O–H groups in total. The molecule has 0 spiro atoms. The van der Waals surface area contributed by atoms with Gasteiger partial charge in [0.1, 0.15) is 17.2 Å². The molecular weight excluding hydrogens is 416 g/mol. The molecule has 5 nitrogen and oxygen atoms in total. The molecule has 1 aliphatic carbocycles. The topological polar surface area (TPSA) is 61.8 Å². The molecule has 0 atom stereocenters.